The number of fused-ring (bicyclic) bond motifs is 1. The summed E-state index contributed by atoms with van der Waals surface area (Å²) in [5.74, 6) is 1.03. The molecule has 0 N–H and O–H groups in total. The van der Waals surface area contributed by atoms with Gasteiger partial charge in [0.15, 0.2) is 0 Å². The Hall–Kier alpha value is -1.02. The van der Waals surface area contributed by atoms with Gasteiger partial charge < -0.3 is 4.84 Å². The van der Waals surface area contributed by atoms with Crippen LogP contribution in [0.5, 0.6) is 5.75 Å². The molecule has 1 aromatic carbocycles. The summed E-state index contributed by atoms with van der Waals surface area (Å²) in [7, 11) is 0. The first-order chi connectivity index (χ1) is 7.92. The molecular formula is C14H19NO. The van der Waals surface area contributed by atoms with Crippen LogP contribution in [-0.2, 0) is 12.8 Å². The lowest BCUT2D eigenvalue weighted by atomic mass is 10.1. The summed E-state index contributed by atoms with van der Waals surface area (Å²) in [4.78, 5) is 5.91. The van der Waals surface area contributed by atoms with Crippen molar-refractivity contribution in [3.8, 4) is 5.75 Å². The van der Waals surface area contributed by atoms with Crippen molar-refractivity contribution in [2.24, 2.45) is 0 Å². The second kappa shape index (κ2) is 4.46. The van der Waals surface area contributed by atoms with Gasteiger partial charge in [-0.1, -0.05) is 12.5 Å². The van der Waals surface area contributed by atoms with E-state index in [9.17, 15) is 0 Å². The minimum absolute atomic E-state index is 1.03. The number of aryl methyl sites for hydroxylation is 2. The van der Waals surface area contributed by atoms with Crippen LogP contribution in [0.15, 0.2) is 18.2 Å². The summed E-state index contributed by atoms with van der Waals surface area (Å²) in [6, 6.07) is 6.59. The van der Waals surface area contributed by atoms with E-state index in [0.717, 1.165) is 18.8 Å². The van der Waals surface area contributed by atoms with Crippen LogP contribution >= 0.6 is 0 Å². The average molecular weight is 217 g/mol. The van der Waals surface area contributed by atoms with Gasteiger partial charge in [0.05, 0.1) is 0 Å². The highest BCUT2D eigenvalue weighted by Crippen LogP contribution is 2.26. The predicted octanol–water partition coefficient (Wildman–Crippen LogP) is 2.96. The van der Waals surface area contributed by atoms with E-state index >= 15 is 0 Å². The van der Waals surface area contributed by atoms with E-state index in [4.69, 9.17) is 4.84 Å². The maximum absolute atomic E-state index is 5.91. The monoisotopic (exact) mass is 217 g/mol. The summed E-state index contributed by atoms with van der Waals surface area (Å²) in [5, 5.41) is 2.11. The second-order valence-corrected chi connectivity index (χ2v) is 4.87. The number of rotatable bonds is 2. The molecule has 0 bridgehead atoms. The molecule has 1 aromatic rings. The molecule has 0 spiro atoms. The Kier molecular flexibility index (Phi) is 2.83. The number of nitrogens with zero attached hydrogens (tertiary/aromatic N) is 1. The van der Waals surface area contributed by atoms with Crippen LogP contribution in [0, 0.1) is 0 Å². The fourth-order valence-electron chi connectivity index (χ4n) is 2.71. The average Bonchev–Trinajstić information content (AvgIpc) is 2.77. The number of hydroxylamine groups is 2. The van der Waals surface area contributed by atoms with Crippen LogP contribution in [0.4, 0.5) is 0 Å². The van der Waals surface area contributed by atoms with Gasteiger partial charge in [-0.3, -0.25) is 0 Å². The highest BCUT2D eigenvalue weighted by molar-refractivity contribution is 5.38. The van der Waals surface area contributed by atoms with Crippen LogP contribution in [-0.4, -0.2) is 18.2 Å². The van der Waals surface area contributed by atoms with Crippen LogP contribution in [0.2, 0.25) is 0 Å². The quantitative estimate of drug-likeness (QED) is 0.755. The Labute approximate surface area is 97.2 Å². The Balaban J connectivity index is 1.69. The smallest absolute Gasteiger partial charge is 0.147 e. The van der Waals surface area contributed by atoms with Crippen molar-refractivity contribution in [3.63, 3.8) is 0 Å². The van der Waals surface area contributed by atoms with Crippen molar-refractivity contribution in [1.29, 1.82) is 0 Å². The predicted molar refractivity (Wildman–Crippen MR) is 64.5 cm³/mol. The lowest BCUT2D eigenvalue weighted by Gasteiger charge is -2.26. The van der Waals surface area contributed by atoms with Crippen molar-refractivity contribution in [1.82, 2.24) is 5.06 Å². The Morgan fingerprint density at radius 1 is 0.875 bits per heavy atom. The normalized spacial score (nSPS) is 20.8. The summed E-state index contributed by atoms with van der Waals surface area (Å²) in [5.41, 5.74) is 3.01. The standard InChI is InChI=1S/C14H19NO/c1-2-9-15(10-3-1)16-14-8-7-12-5-4-6-13(12)11-14/h7-8,11H,1-6,9-10H2. The third-order valence-corrected chi connectivity index (χ3v) is 3.62. The Bertz CT molecular complexity index is 369. The Morgan fingerprint density at radius 3 is 2.56 bits per heavy atom. The summed E-state index contributed by atoms with van der Waals surface area (Å²) >= 11 is 0. The highest BCUT2D eigenvalue weighted by atomic mass is 16.7. The first-order valence-electron chi connectivity index (χ1n) is 6.46. The molecule has 3 rings (SSSR count). The minimum atomic E-state index is 1.03. The van der Waals surface area contributed by atoms with Gasteiger partial charge in [0, 0.05) is 13.1 Å². The number of piperidine rings is 1. The third-order valence-electron chi connectivity index (χ3n) is 3.62. The summed E-state index contributed by atoms with van der Waals surface area (Å²) in [6.45, 7) is 2.16. The van der Waals surface area contributed by atoms with E-state index in [1.54, 1.807) is 0 Å². The molecule has 2 heteroatoms. The second-order valence-electron chi connectivity index (χ2n) is 4.87. The molecule has 2 aliphatic rings. The van der Waals surface area contributed by atoms with E-state index in [1.807, 2.05) is 0 Å². The molecule has 0 atom stereocenters. The molecule has 0 saturated carbocycles. The van der Waals surface area contributed by atoms with Gasteiger partial charge in [0.25, 0.3) is 0 Å². The molecule has 0 amide bonds. The molecule has 0 unspecified atom stereocenters. The maximum atomic E-state index is 5.91. The lowest BCUT2D eigenvalue weighted by molar-refractivity contribution is -0.0720. The van der Waals surface area contributed by atoms with Gasteiger partial charge in [0.1, 0.15) is 5.75 Å². The number of hydrogen-bond acceptors (Lipinski definition) is 2. The van der Waals surface area contributed by atoms with Gasteiger partial charge >= 0.3 is 0 Å². The molecule has 0 aromatic heterocycles. The number of hydrogen-bond donors (Lipinski definition) is 0. The van der Waals surface area contributed by atoms with Crippen molar-refractivity contribution < 1.29 is 4.84 Å². The molecular weight excluding hydrogens is 198 g/mol. The van der Waals surface area contributed by atoms with Crippen molar-refractivity contribution in [2.75, 3.05) is 13.1 Å². The molecule has 2 nitrogen and oxygen atoms in total. The van der Waals surface area contributed by atoms with Gasteiger partial charge in [0.2, 0.25) is 0 Å². The van der Waals surface area contributed by atoms with E-state index < -0.39 is 0 Å². The summed E-state index contributed by atoms with van der Waals surface area (Å²) < 4.78 is 0. The molecule has 16 heavy (non-hydrogen) atoms. The van der Waals surface area contributed by atoms with Crippen molar-refractivity contribution in [3.05, 3.63) is 29.3 Å². The van der Waals surface area contributed by atoms with Crippen molar-refractivity contribution >= 4 is 0 Å². The van der Waals surface area contributed by atoms with Gasteiger partial charge in [-0.25, -0.2) is 0 Å². The highest BCUT2D eigenvalue weighted by Gasteiger charge is 2.14. The van der Waals surface area contributed by atoms with E-state index in [1.165, 1.54) is 49.7 Å². The topological polar surface area (TPSA) is 12.5 Å². The SMILES string of the molecule is c1cc2c(cc1ON1CCCCC1)CCC2. The fraction of sp³-hybridized carbons (Fsp3) is 0.571. The van der Waals surface area contributed by atoms with Crippen LogP contribution in [0.25, 0.3) is 0 Å². The molecule has 1 fully saturated rings. The van der Waals surface area contributed by atoms with Crippen LogP contribution < -0.4 is 4.84 Å². The fourth-order valence-corrected chi connectivity index (χ4v) is 2.71. The first kappa shape index (κ1) is 10.2. The Morgan fingerprint density at radius 2 is 1.69 bits per heavy atom. The first-order valence-corrected chi connectivity index (χ1v) is 6.46. The summed E-state index contributed by atoms with van der Waals surface area (Å²) in [6.07, 6.45) is 7.67. The zero-order valence-corrected chi connectivity index (χ0v) is 9.74. The van der Waals surface area contributed by atoms with Gasteiger partial charge in [-0.05, 0) is 55.4 Å². The zero-order chi connectivity index (χ0) is 10.8. The maximum Gasteiger partial charge on any atom is 0.147 e. The van der Waals surface area contributed by atoms with Crippen molar-refractivity contribution in [2.45, 2.75) is 38.5 Å². The number of benzene rings is 1. The van der Waals surface area contributed by atoms with E-state index in [0.29, 0.717) is 0 Å². The minimum Gasteiger partial charge on any atom is -0.406 e. The van der Waals surface area contributed by atoms with Gasteiger partial charge in [-0.2, -0.15) is 0 Å². The molecule has 1 aliphatic carbocycles. The molecule has 1 saturated heterocycles. The lowest BCUT2D eigenvalue weighted by Crippen LogP contribution is -2.32. The molecule has 1 heterocycles. The van der Waals surface area contributed by atoms with Crippen LogP contribution in [0.3, 0.4) is 0 Å². The zero-order valence-electron chi connectivity index (χ0n) is 9.74. The molecule has 86 valence electrons. The molecule has 0 radical (unpaired) electrons. The molecule has 1 aliphatic heterocycles. The van der Waals surface area contributed by atoms with E-state index in [2.05, 4.69) is 23.3 Å². The van der Waals surface area contributed by atoms with Crippen LogP contribution in [0.1, 0.15) is 36.8 Å². The largest absolute Gasteiger partial charge is 0.406 e. The third kappa shape index (κ3) is 2.07. The van der Waals surface area contributed by atoms with E-state index in [-0.39, 0.29) is 0 Å². The van der Waals surface area contributed by atoms with Gasteiger partial charge in [-0.15, -0.1) is 5.06 Å².